The van der Waals surface area contributed by atoms with Crippen LogP contribution >= 0.6 is 0 Å². The lowest BCUT2D eigenvalue weighted by molar-refractivity contribution is -0.128. The van der Waals surface area contributed by atoms with E-state index in [0.29, 0.717) is 25.9 Å². The van der Waals surface area contributed by atoms with Gasteiger partial charge >= 0.3 is 6.09 Å². The number of nitrogens with zero attached hydrogens (tertiary/aromatic N) is 1. The topological polar surface area (TPSA) is 150 Å². The van der Waals surface area contributed by atoms with E-state index in [1.165, 1.54) is 0 Å². The highest BCUT2D eigenvalue weighted by Crippen LogP contribution is 2.28. The van der Waals surface area contributed by atoms with Gasteiger partial charge in [-0.1, -0.05) is 49.4 Å². The summed E-state index contributed by atoms with van der Waals surface area (Å²) in [6.45, 7) is 11.8. The van der Waals surface area contributed by atoms with E-state index in [9.17, 15) is 24.9 Å². The van der Waals surface area contributed by atoms with Gasteiger partial charge < -0.3 is 40.2 Å². The van der Waals surface area contributed by atoms with Gasteiger partial charge in [0.05, 0.1) is 37.5 Å². The summed E-state index contributed by atoms with van der Waals surface area (Å²) in [7, 11) is 0. The van der Waals surface area contributed by atoms with Gasteiger partial charge in [0.25, 0.3) is 0 Å². The summed E-state index contributed by atoms with van der Waals surface area (Å²) in [6.07, 6.45) is -2.69. The van der Waals surface area contributed by atoms with E-state index >= 15 is 0 Å². The number of nitrogens with one attached hydrogen (secondary N) is 2. The predicted molar refractivity (Wildman–Crippen MR) is 178 cm³/mol. The minimum absolute atomic E-state index is 0.0384. The minimum atomic E-state index is -1.10. The third kappa shape index (κ3) is 11.8. The fourth-order valence-electron chi connectivity index (χ4n) is 6.23. The molecule has 2 aromatic carbocycles. The van der Waals surface area contributed by atoms with E-state index in [1.54, 1.807) is 20.8 Å². The number of carbonyl (C=O) groups excluding carboxylic acids is 2. The molecule has 11 nitrogen and oxygen atoms in total. The number of benzene rings is 2. The van der Waals surface area contributed by atoms with Crippen LogP contribution in [0.4, 0.5) is 4.79 Å². The molecule has 0 bridgehead atoms. The second-order valence-electron chi connectivity index (χ2n) is 13.9. The molecule has 0 radical (unpaired) electrons. The predicted octanol–water partition coefficient (Wildman–Crippen LogP) is 2.69. The lowest BCUT2D eigenvalue weighted by atomic mass is 9.88. The number of alkyl carbamates (subject to hydrolysis) is 1. The lowest BCUT2D eigenvalue weighted by Gasteiger charge is -2.30. The Hall–Kier alpha value is -3.22. The molecule has 1 heterocycles. The zero-order valence-corrected chi connectivity index (χ0v) is 28.1. The number of aliphatic hydroxyl groups excluding tert-OH is 3. The summed E-state index contributed by atoms with van der Waals surface area (Å²) in [6, 6.07) is 15.7. The number of morpholine rings is 1. The largest absolute Gasteiger partial charge is 0.492 e. The summed E-state index contributed by atoms with van der Waals surface area (Å²) >= 11 is 0. The number of carbonyl (C=O) groups is 2. The molecule has 2 aromatic rings. The molecule has 0 aromatic heterocycles. The molecule has 2 fully saturated rings. The second-order valence-corrected chi connectivity index (χ2v) is 13.9. The van der Waals surface area contributed by atoms with Crippen LogP contribution < -0.4 is 15.4 Å². The van der Waals surface area contributed by atoms with Crippen molar-refractivity contribution in [2.75, 3.05) is 39.5 Å². The van der Waals surface area contributed by atoms with Crippen molar-refractivity contribution in [3.05, 3.63) is 65.7 Å². The maximum absolute atomic E-state index is 13.8. The summed E-state index contributed by atoms with van der Waals surface area (Å²) in [5.41, 5.74) is 1.06. The summed E-state index contributed by atoms with van der Waals surface area (Å²) in [4.78, 5) is 28.9. The molecule has 0 spiro atoms. The molecule has 2 aliphatic rings. The fourth-order valence-corrected chi connectivity index (χ4v) is 6.23. The van der Waals surface area contributed by atoms with Gasteiger partial charge in [-0.3, -0.25) is 9.69 Å². The molecular weight excluding hydrogens is 602 g/mol. The van der Waals surface area contributed by atoms with Crippen molar-refractivity contribution < 1.29 is 39.1 Å². The Morgan fingerprint density at radius 3 is 2.28 bits per heavy atom. The Morgan fingerprint density at radius 2 is 1.66 bits per heavy atom. The Bertz CT molecular complexity index is 1250. The normalized spacial score (nSPS) is 23.8. The third-order valence-corrected chi connectivity index (χ3v) is 8.84. The van der Waals surface area contributed by atoms with Gasteiger partial charge in [0, 0.05) is 25.6 Å². The number of rotatable bonds is 14. The van der Waals surface area contributed by atoms with Crippen molar-refractivity contribution in [2.24, 2.45) is 11.8 Å². The van der Waals surface area contributed by atoms with Crippen LogP contribution in [-0.4, -0.2) is 108 Å². The average molecular weight is 656 g/mol. The van der Waals surface area contributed by atoms with E-state index in [2.05, 4.69) is 15.5 Å². The average Bonchev–Trinajstić information content (AvgIpc) is 3.26. The summed E-state index contributed by atoms with van der Waals surface area (Å²) in [5.74, 6) is -0.433. The van der Waals surface area contributed by atoms with Crippen LogP contribution in [0.25, 0.3) is 0 Å². The maximum Gasteiger partial charge on any atom is 0.407 e. The van der Waals surface area contributed by atoms with Crippen molar-refractivity contribution in [3.63, 3.8) is 0 Å². The molecule has 1 saturated carbocycles. The van der Waals surface area contributed by atoms with Crippen LogP contribution in [0.5, 0.6) is 5.75 Å². The van der Waals surface area contributed by atoms with Crippen molar-refractivity contribution in [2.45, 2.75) is 89.4 Å². The second kappa shape index (κ2) is 17.3. The summed E-state index contributed by atoms with van der Waals surface area (Å²) in [5, 5.41) is 38.1. The summed E-state index contributed by atoms with van der Waals surface area (Å²) < 4.78 is 16.8. The maximum atomic E-state index is 13.8. The Kier molecular flexibility index (Phi) is 13.4. The van der Waals surface area contributed by atoms with Crippen LogP contribution in [0.3, 0.4) is 0 Å². The molecule has 1 aliphatic carbocycles. The number of amides is 2. The SMILES string of the molecule is C[C@@H]1C[C@@H](O)[C@@H](O)[C@H]1NC(=O)[C@H](Cc1ccc(OCCN2CCOCC2)cc1)C[C@H](O)[C@H](Cc1ccccc1)NC(=O)OC(C)(C)C. The van der Waals surface area contributed by atoms with E-state index in [1.807, 2.05) is 61.5 Å². The molecule has 2 amide bonds. The first-order valence-corrected chi connectivity index (χ1v) is 16.8. The smallest absolute Gasteiger partial charge is 0.407 e. The number of hydrogen-bond donors (Lipinski definition) is 5. The molecule has 7 atom stereocenters. The quantitative estimate of drug-likeness (QED) is 0.207. The van der Waals surface area contributed by atoms with Gasteiger partial charge in [-0.05, 0) is 75.6 Å². The molecule has 47 heavy (non-hydrogen) atoms. The van der Waals surface area contributed by atoms with E-state index in [4.69, 9.17) is 14.2 Å². The van der Waals surface area contributed by atoms with E-state index < -0.39 is 48.0 Å². The molecular formula is C36H53N3O8. The minimum Gasteiger partial charge on any atom is -0.492 e. The van der Waals surface area contributed by atoms with Crippen molar-refractivity contribution >= 4 is 12.0 Å². The van der Waals surface area contributed by atoms with E-state index in [0.717, 1.165) is 49.7 Å². The van der Waals surface area contributed by atoms with Crippen LogP contribution in [0, 0.1) is 11.8 Å². The molecule has 1 saturated heterocycles. The van der Waals surface area contributed by atoms with Gasteiger partial charge in [-0.25, -0.2) is 4.79 Å². The van der Waals surface area contributed by atoms with Crippen LogP contribution in [0.1, 0.15) is 51.7 Å². The first kappa shape index (κ1) is 36.6. The zero-order chi connectivity index (χ0) is 34.0. The first-order valence-electron chi connectivity index (χ1n) is 16.8. The Balaban J connectivity index is 1.47. The Morgan fingerprint density at radius 1 is 1.00 bits per heavy atom. The number of ether oxygens (including phenoxy) is 3. The molecule has 4 rings (SSSR count). The van der Waals surface area contributed by atoms with Gasteiger partial charge in [-0.15, -0.1) is 0 Å². The van der Waals surface area contributed by atoms with Gasteiger partial charge in [0.1, 0.15) is 24.1 Å². The van der Waals surface area contributed by atoms with Crippen molar-refractivity contribution in [3.8, 4) is 5.75 Å². The van der Waals surface area contributed by atoms with Crippen molar-refractivity contribution in [1.82, 2.24) is 15.5 Å². The fraction of sp³-hybridized carbons (Fsp3) is 0.611. The lowest BCUT2D eigenvalue weighted by Crippen LogP contribution is -2.50. The number of hydrogen-bond acceptors (Lipinski definition) is 9. The standard InChI is InChI=1S/C36H53N3O8/c1-24-20-31(41)33(42)32(24)38-34(43)27(21-26-10-12-28(13-11-26)46-19-16-39-14-17-45-18-15-39)23-30(40)29(22-25-8-6-5-7-9-25)37-35(44)47-36(2,3)4/h5-13,24,27,29-33,40-42H,14-23H2,1-4H3,(H,37,44)(H,38,43)/t24-,27-,29+,30+,31-,32+,33-/m1/s1. The highest BCUT2D eigenvalue weighted by molar-refractivity contribution is 5.79. The monoisotopic (exact) mass is 655 g/mol. The Labute approximate surface area is 278 Å². The highest BCUT2D eigenvalue weighted by atomic mass is 16.6. The van der Waals surface area contributed by atoms with E-state index in [-0.39, 0.29) is 18.2 Å². The highest BCUT2D eigenvalue weighted by Gasteiger charge is 2.41. The zero-order valence-electron chi connectivity index (χ0n) is 28.1. The first-order chi connectivity index (χ1) is 22.4. The van der Waals surface area contributed by atoms with Crippen LogP contribution in [0.15, 0.2) is 54.6 Å². The molecule has 0 unspecified atom stereocenters. The van der Waals surface area contributed by atoms with Gasteiger partial charge in [0.2, 0.25) is 5.91 Å². The third-order valence-electron chi connectivity index (χ3n) is 8.84. The molecule has 260 valence electrons. The van der Waals surface area contributed by atoms with Gasteiger partial charge in [0.15, 0.2) is 0 Å². The van der Waals surface area contributed by atoms with Gasteiger partial charge in [-0.2, -0.15) is 0 Å². The van der Waals surface area contributed by atoms with Crippen LogP contribution in [0.2, 0.25) is 0 Å². The molecule has 5 N–H and O–H groups in total. The van der Waals surface area contributed by atoms with Crippen LogP contribution in [-0.2, 0) is 27.1 Å². The molecule has 1 aliphatic heterocycles. The number of aliphatic hydroxyl groups is 3. The van der Waals surface area contributed by atoms with Crippen molar-refractivity contribution in [1.29, 1.82) is 0 Å². The molecule has 11 heteroatoms.